The van der Waals surface area contributed by atoms with Gasteiger partial charge in [-0.3, -0.25) is 14.5 Å². The third kappa shape index (κ3) is 3.95. The van der Waals surface area contributed by atoms with E-state index in [2.05, 4.69) is 0 Å². The maximum absolute atomic E-state index is 14.0. The number of carbonyl (C=O) groups is 2. The Balaban J connectivity index is 1.94. The van der Waals surface area contributed by atoms with Crippen molar-refractivity contribution in [1.82, 2.24) is 0 Å². The molecule has 1 aliphatic heterocycles. The van der Waals surface area contributed by atoms with Crippen LogP contribution in [0.3, 0.4) is 0 Å². The van der Waals surface area contributed by atoms with Gasteiger partial charge in [0.25, 0.3) is 11.7 Å². The van der Waals surface area contributed by atoms with Crippen LogP contribution in [0.1, 0.15) is 23.1 Å². The number of carbonyl (C=O) groups excluding carboxylic acids is 2. The molecule has 0 saturated carbocycles. The van der Waals surface area contributed by atoms with Crippen molar-refractivity contribution in [2.75, 3.05) is 12.0 Å². The smallest absolute Gasteiger partial charge is 0.300 e. The van der Waals surface area contributed by atoms with Crippen LogP contribution in [0.15, 0.2) is 69.5 Å². The third-order valence-electron chi connectivity index (χ3n) is 5.34. The summed E-state index contributed by atoms with van der Waals surface area (Å²) >= 11 is 0. The van der Waals surface area contributed by atoms with E-state index in [4.69, 9.17) is 14.3 Å². The number of aliphatic hydroxyl groups is 1. The first-order valence-corrected chi connectivity index (χ1v) is 11.4. The molecule has 0 aliphatic carbocycles. The molecule has 1 saturated heterocycles. The molecule has 1 aliphatic rings. The van der Waals surface area contributed by atoms with Crippen molar-refractivity contribution < 1.29 is 36.7 Å². The lowest BCUT2D eigenvalue weighted by atomic mass is 9.98. The van der Waals surface area contributed by atoms with Gasteiger partial charge in [-0.2, -0.15) is 0 Å². The largest absolute Gasteiger partial charge is 0.507 e. The minimum Gasteiger partial charge on any atom is -0.507 e. The van der Waals surface area contributed by atoms with Gasteiger partial charge in [0.15, 0.2) is 0 Å². The monoisotopic (exact) mass is 486 g/mol. The molecule has 3 aromatic rings. The molecule has 11 heteroatoms. The van der Waals surface area contributed by atoms with Crippen LogP contribution < -0.4 is 14.8 Å². The van der Waals surface area contributed by atoms with Crippen molar-refractivity contribution >= 4 is 33.2 Å². The molecule has 2 heterocycles. The van der Waals surface area contributed by atoms with Crippen LogP contribution in [0.4, 0.5) is 10.1 Å². The molecular formula is C23H19FN2O7S. The number of aryl methyl sites for hydroxylation is 1. The summed E-state index contributed by atoms with van der Waals surface area (Å²) < 4.78 is 48.0. The van der Waals surface area contributed by atoms with E-state index in [1.54, 1.807) is 13.0 Å². The molecular weight excluding hydrogens is 467 g/mol. The molecule has 2 aromatic carbocycles. The second kappa shape index (κ2) is 8.43. The highest BCUT2D eigenvalue weighted by molar-refractivity contribution is 7.89. The number of halogens is 1. The molecule has 34 heavy (non-hydrogen) atoms. The highest BCUT2D eigenvalue weighted by Gasteiger charge is 2.48. The van der Waals surface area contributed by atoms with Gasteiger partial charge in [-0.1, -0.05) is 0 Å². The molecule has 9 nitrogen and oxygen atoms in total. The van der Waals surface area contributed by atoms with Crippen LogP contribution in [0.2, 0.25) is 0 Å². The molecule has 1 aromatic heterocycles. The molecule has 1 fully saturated rings. The lowest BCUT2D eigenvalue weighted by Gasteiger charge is -2.23. The number of anilines is 1. The summed E-state index contributed by atoms with van der Waals surface area (Å²) in [6, 6.07) is 10.3. The van der Waals surface area contributed by atoms with E-state index in [0.29, 0.717) is 5.76 Å². The number of hydrogen-bond donors (Lipinski definition) is 2. The number of ketones is 1. The lowest BCUT2D eigenvalue weighted by Crippen LogP contribution is -2.29. The van der Waals surface area contributed by atoms with Gasteiger partial charge in [0.2, 0.25) is 10.0 Å². The number of hydrogen-bond acceptors (Lipinski definition) is 7. The van der Waals surface area contributed by atoms with E-state index < -0.39 is 39.3 Å². The number of aliphatic hydroxyl groups excluding tert-OH is 1. The average Bonchev–Trinajstić information content (AvgIpc) is 3.33. The van der Waals surface area contributed by atoms with Gasteiger partial charge < -0.3 is 14.3 Å². The van der Waals surface area contributed by atoms with E-state index in [9.17, 15) is 27.5 Å². The summed E-state index contributed by atoms with van der Waals surface area (Å²) in [7, 11) is -2.68. The Bertz CT molecular complexity index is 1440. The number of benzene rings is 2. The first kappa shape index (κ1) is 23.2. The number of amides is 1. The van der Waals surface area contributed by atoms with Crippen molar-refractivity contribution in [3.8, 4) is 5.75 Å². The van der Waals surface area contributed by atoms with Crippen molar-refractivity contribution in [2.45, 2.75) is 17.9 Å². The Labute approximate surface area is 193 Å². The number of nitrogens with two attached hydrogens (primary N) is 1. The molecule has 176 valence electrons. The van der Waals surface area contributed by atoms with Gasteiger partial charge in [-0.25, -0.2) is 17.9 Å². The van der Waals surface area contributed by atoms with Crippen molar-refractivity contribution in [3.05, 3.63) is 83.1 Å². The van der Waals surface area contributed by atoms with Gasteiger partial charge in [0.1, 0.15) is 34.9 Å². The Hall–Kier alpha value is -3.96. The molecule has 0 radical (unpaired) electrons. The molecule has 1 amide bonds. The Kier molecular flexibility index (Phi) is 5.75. The molecule has 1 unspecified atom stereocenters. The minimum absolute atomic E-state index is 0.0805. The van der Waals surface area contributed by atoms with Gasteiger partial charge in [-0.15, -0.1) is 0 Å². The highest BCUT2D eigenvalue weighted by atomic mass is 32.2. The van der Waals surface area contributed by atoms with Crippen molar-refractivity contribution in [1.29, 1.82) is 0 Å². The minimum atomic E-state index is -3.99. The second-order valence-electron chi connectivity index (χ2n) is 7.50. The quantitative estimate of drug-likeness (QED) is 0.321. The van der Waals surface area contributed by atoms with Crippen molar-refractivity contribution in [3.63, 3.8) is 0 Å². The number of Topliss-reactive ketones (excluding diaryl/α,β-unsaturated/α-hetero) is 1. The zero-order valence-electron chi connectivity index (χ0n) is 18.0. The first-order chi connectivity index (χ1) is 16.0. The standard InChI is InChI=1S/C23H19FN2O7S/c1-12-3-9-18(33-12)20-19(21(27)16-11-13(24)4-10-17(16)32-2)22(28)23(29)26(20)14-5-7-15(8-6-14)34(25,30)31/h3-11,20,27H,1-2H3,(H2,25,30,31)/b21-19-. The highest BCUT2D eigenvalue weighted by Crippen LogP contribution is 2.43. The Morgan fingerprint density at radius 1 is 1.12 bits per heavy atom. The molecule has 0 bridgehead atoms. The number of methoxy groups -OCH3 is 1. The van der Waals surface area contributed by atoms with Crippen LogP contribution in [0.25, 0.3) is 5.76 Å². The van der Waals surface area contributed by atoms with Gasteiger partial charge in [0.05, 0.1) is 23.1 Å². The van der Waals surface area contributed by atoms with Crippen LogP contribution in [-0.2, 0) is 19.6 Å². The number of primary sulfonamides is 1. The number of ether oxygens (including phenoxy) is 1. The number of sulfonamides is 1. The summed E-state index contributed by atoms with van der Waals surface area (Å²) in [5.74, 6) is -2.68. The predicted molar refractivity (Wildman–Crippen MR) is 119 cm³/mol. The Morgan fingerprint density at radius 2 is 1.79 bits per heavy atom. The number of rotatable bonds is 5. The van der Waals surface area contributed by atoms with E-state index >= 15 is 0 Å². The first-order valence-electron chi connectivity index (χ1n) is 9.87. The normalized spacial score (nSPS) is 17.9. The maximum Gasteiger partial charge on any atom is 0.300 e. The summed E-state index contributed by atoms with van der Waals surface area (Å²) in [4.78, 5) is 27.1. The number of nitrogens with zero attached hydrogens (tertiary/aromatic N) is 1. The van der Waals surface area contributed by atoms with E-state index in [1.807, 2.05) is 0 Å². The van der Waals surface area contributed by atoms with E-state index in [-0.39, 0.29) is 33.2 Å². The lowest BCUT2D eigenvalue weighted by molar-refractivity contribution is -0.132. The Morgan fingerprint density at radius 3 is 2.35 bits per heavy atom. The maximum atomic E-state index is 14.0. The second-order valence-corrected chi connectivity index (χ2v) is 9.06. The molecule has 3 N–H and O–H groups in total. The number of furan rings is 1. The van der Waals surface area contributed by atoms with Gasteiger partial charge in [-0.05, 0) is 61.5 Å². The van der Waals surface area contributed by atoms with Crippen LogP contribution in [0, 0.1) is 12.7 Å². The van der Waals surface area contributed by atoms with Crippen LogP contribution in [0.5, 0.6) is 5.75 Å². The topological polar surface area (TPSA) is 140 Å². The van der Waals surface area contributed by atoms with E-state index in [0.717, 1.165) is 17.0 Å². The summed E-state index contributed by atoms with van der Waals surface area (Å²) in [5, 5.41) is 16.2. The zero-order chi connectivity index (χ0) is 24.8. The van der Waals surface area contributed by atoms with Crippen LogP contribution in [-0.4, -0.2) is 32.3 Å². The fraction of sp³-hybridized carbons (Fsp3) is 0.130. The zero-order valence-corrected chi connectivity index (χ0v) is 18.8. The molecule has 4 rings (SSSR count). The molecule has 1 atom stereocenters. The summed E-state index contributed by atoms with van der Waals surface area (Å²) in [6.07, 6.45) is 0. The molecule has 0 spiro atoms. The van der Waals surface area contributed by atoms with Gasteiger partial charge >= 0.3 is 0 Å². The fourth-order valence-corrected chi connectivity index (χ4v) is 4.29. The van der Waals surface area contributed by atoms with Gasteiger partial charge in [0, 0.05) is 5.69 Å². The fourth-order valence-electron chi connectivity index (χ4n) is 3.78. The SMILES string of the molecule is COc1ccc(F)cc1/C(O)=C1/C(=O)C(=O)N(c2ccc(S(N)(=O)=O)cc2)C1c1ccc(C)o1. The van der Waals surface area contributed by atoms with Crippen molar-refractivity contribution in [2.24, 2.45) is 5.14 Å². The summed E-state index contributed by atoms with van der Waals surface area (Å²) in [6.45, 7) is 1.66. The average molecular weight is 486 g/mol. The summed E-state index contributed by atoms with van der Waals surface area (Å²) in [5.41, 5.74) is -0.323. The third-order valence-corrected chi connectivity index (χ3v) is 6.26. The van der Waals surface area contributed by atoms with E-state index in [1.165, 1.54) is 43.5 Å². The predicted octanol–water partition coefficient (Wildman–Crippen LogP) is 3.01. The van der Waals surface area contributed by atoms with Crippen LogP contribution >= 0.6 is 0 Å².